The van der Waals surface area contributed by atoms with Crippen molar-refractivity contribution >= 4 is 22.9 Å². The van der Waals surface area contributed by atoms with Crippen LogP contribution in [0, 0.1) is 0 Å². The summed E-state index contributed by atoms with van der Waals surface area (Å²) >= 11 is 1.31. The Bertz CT molecular complexity index is 463. The lowest BCUT2D eigenvalue weighted by Crippen LogP contribution is -2.36. The maximum Gasteiger partial charge on any atom is 0.318 e. The third kappa shape index (κ3) is 1.80. The lowest BCUT2D eigenvalue weighted by atomic mass is 10.1. The van der Waals surface area contributed by atoms with Crippen molar-refractivity contribution in [2.45, 2.75) is 18.6 Å². The maximum absolute atomic E-state index is 11.8. The van der Waals surface area contributed by atoms with E-state index in [1.54, 1.807) is 4.90 Å². The van der Waals surface area contributed by atoms with E-state index in [1.807, 2.05) is 30.3 Å². The molecule has 0 saturated carbocycles. The van der Waals surface area contributed by atoms with Crippen molar-refractivity contribution < 1.29 is 9.59 Å². The third-order valence-electron chi connectivity index (χ3n) is 3.17. The van der Waals surface area contributed by atoms with Crippen LogP contribution in [0.3, 0.4) is 0 Å². The molecule has 2 unspecified atom stereocenters. The van der Waals surface area contributed by atoms with Crippen molar-refractivity contribution in [2.75, 3.05) is 5.75 Å². The molecule has 0 radical (unpaired) electrons. The first-order chi connectivity index (χ1) is 8.25. The summed E-state index contributed by atoms with van der Waals surface area (Å²) in [6.07, 6.45) is 0. The molecule has 4 nitrogen and oxygen atoms in total. The van der Waals surface area contributed by atoms with Crippen molar-refractivity contribution in [2.24, 2.45) is 0 Å². The molecular formula is C12H12N2O2S. The smallest absolute Gasteiger partial charge is 0.318 e. The zero-order chi connectivity index (χ0) is 11.8. The fourth-order valence-corrected chi connectivity index (χ4v) is 3.37. The molecule has 2 fully saturated rings. The second-order valence-corrected chi connectivity index (χ2v) is 5.26. The summed E-state index contributed by atoms with van der Waals surface area (Å²) in [6, 6.07) is 9.42. The van der Waals surface area contributed by atoms with Gasteiger partial charge in [-0.15, -0.1) is 0 Å². The lowest BCUT2D eigenvalue weighted by Gasteiger charge is -2.20. The molecule has 2 heterocycles. The van der Waals surface area contributed by atoms with Gasteiger partial charge in [0.05, 0.1) is 6.04 Å². The van der Waals surface area contributed by atoms with Crippen LogP contribution in [0.15, 0.2) is 30.3 Å². The summed E-state index contributed by atoms with van der Waals surface area (Å²) in [7, 11) is 0. The van der Waals surface area contributed by atoms with Gasteiger partial charge in [0.2, 0.25) is 5.12 Å². The second kappa shape index (κ2) is 4.07. The Morgan fingerprint density at radius 1 is 1.29 bits per heavy atom. The molecule has 2 aliphatic rings. The van der Waals surface area contributed by atoms with Gasteiger partial charge in [-0.25, -0.2) is 4.79 Å². The molecule has 2 aliphatic heterocycles. The maximum atomic E-state index is 11.8. The monoisotopic (exact) mass is 248 g/mol. The van der Waals surface area contributed by atoms with E-state index in [4.69, 9.17) is 0 Å². The highest BCUT2D eigenvalue weighted by atomic mass is 32.2. The van der Waals surface area contributed by atoms with Gasteiger partial charge >= 0.3 is 6.03 Å². The summed E-state index contributed by atoms with van der Waals surface area (Å²) in [4.78, 5) is 25.1. The molecule has 5 heteroatoms. The van der Waals surface area contributed by atoms with Crippen LogP contribution in [-0.2, 0) is 11.3 Å². The van der Waals surface area contributed by atoms with E-state index < -0.39 is 0 Å². The summed E-state index contributed by atoms with van der Waals surface area (Å²) < 4.78 is 0. The molecule has 88 valence electrons. The molecule has 0 spiro atoms. The first-order valence-electron chi connectivity index (χ1n) is 5.53. The molecule has 1 N–H and O–H groups in total. The van der Waals surface area contributed by atoms with Gasteiger partial charge in [0.25, 0.3) is 0 Å². The van der Waals surface area contributed by atoms with E-state index in [-0.39, 0.29) is 23.2 Å². The average Bonchev–Trinajstić information content (AvgIpc) is 2.83. The van der Waals surface area contributed by atoms with Crippen LogP contribution in [0.1, 0.15) is 5.56 Å². The molecule has 3 rings (SSSR count). The van der Waals surface area contributed by atoms with Crippen molar-refractivity contribution in [3.63, 3.8) is 0 Å². The van der Waals surface area contributed by atoms with Gasteiger partial charge in [-0.05, 0) is 5.56 Å². The van der Waals surface area contributed by atoms with E-state index in [9.17, 15) is 9.59 Å². The van der Waals surface area contributed by atoms with Gasteiger partial charge in [-0.2, -0.15) is 0 Å². The molecular weight excluding hydrogens is 236 g/mol. The molecule has 1 aromatic rings. The Morgan fingerprint density at radius 3 is 2.82 bits per heavy atom. The highest BCUT2D eigenvalue weighted by Crippen LogP contribution is 2.30. The number of fused-ring (bicyclic) bond motifs is 1. The Balaban J connectivity index is 1.79. The van der Waals surface area contributed by atoms with Crippen LogP contribution in [0.5, 0.6) is 0 Å². The molecule has 2 atom stereocenters. The zero-order valence-electron chi connectivity index (χ0n) is 9.13. The van der Waals surface area contributed by atoms with E-state index in [0.717, 1.165) is 5.56 Å². The number of urea groups is 1. The SMILES string of the molecule is O=C1SCC2C1NC(=O)N2Cc1ccccc1. The Kier molecular flexibility index (Phi) is 2.55. The molecule has 2 amide bonds. The van der Waals surface area contributed by atoms with Crippen LogP contribution >= 0.6 is 11.8 Å². The van der Waals surface area contributed by atoms with Gasteiger partial charge in [0.15, 0.2) is 0 Å². The molecule has 1 aromatic carbocycles. The number of benzene rings is 1. The van der Waals surface area contributed by atoms with E-state index in [1.165, 1.54) is 11.8 Å². The molecule has 0 aromatic heterocycles. The Labute approximate surface area is 103 Å². The number of thioether (sulfide) groups is 1. The molecule has 0 aliphatic carbocycles. The van der Waals surface area contributed by atoms with Gasteiger partial charge in [0, 0.05) is 12.3 Å². The van der Waals surface area contributed by atoms with Crippen LogP contribution in [-0.4, -0.2) is 33.9 Å². The quantitative estimate of drug-likeness (QED) is 0.801. The fraction of sp³-hybridized carbons (Fsp3) is 0.333. The van der Waals surface area contributed by atoms with Crippen LogP contribution in [0.25, 0.3) is 0 Å². The Morgan fingerprint density at radius 2 is 2.06 bits per heavy atom. The standard InChI is InChI=1S/C12H12N2O2S/c15-11-10-9(7-17-11)14(12(16)13-10)6-8-4-2-1-3-5-8/h1-5,9-10H,6-7H2,(H,13,16). The first-order valence-corrected chi connectivity index (χ1v) is 6.52. The number of nitrogens with zero attached hydrogens (tertiary/aromatic N) is 1. The summed E-state index contributed by atoms with van der Waals surface area (Å²) in [5.74, 6) is 0.703. The number of hydrogen-bond acceptors (Lipinski definition) is 3. The number of carbonyl (C=O) groups is 2. The summed E-state index contributed by atoms with van der Waals surface area (Å²) in [5, 5.41) is 2.83. The number of hydrogen-bond donors (Lipinski definition) is 1. The number of nitrogens with one attached hydrogen (secondary N) is 1. The van der Waals surface area contributed by atoms with Crippen LogP contribution in [0.2, 0.25) is 0 Å². The number of amides is 2. The molecule has 2 saturated heterocycles. The highest BCUT2D eigenvalue weighted by molar-refractivity contribution is 8.14. The first kappa shape index (κ1) is 10.7. The minimum atomic E-state index is -0.309. The van der Waals surface area contributed by atoms with Gasteiger partial charge < -0.3 is 10.2 Å². The zero-order valence-corrected chi connectivity index (χ0v) is 9.94. The average molecular weight is 248 g/mol. The number of carbonyl (C=O) groups excluding carboxylic acids is 2. The van der Waals surface area contributed by atoms with Crippen molar-refractivity contribution in [1.82, 2.24) is 10.2 Å². The summed E-state index contributed by atoms with van der Waals surface area (Å²) in [6.45, 7) is 0.571. The predicted molar refractivity (Wildman–Crippen MR) is 65.6 cm³/mol. The van der Waals surface area contributed by atoms with Crippen molar-refractivity contribution in [3.8, 4) is 0 Å². The van der Waals surface area contributed by atoms with Gasteiger partial charge in [-0.3, -0.25) is 4.79 Å². The van der Waals surface area contributed by atoms with Crippen LogP contribution < -0.4 is 5.32 Å². The predicted octanol–water partition coefficient (Wildman–Crippen LogP) is 1.22. The van der Waals surface area contributed by atoms with Gasteiger partial charge in [0.1, 0.15) is 6.04 Å². The highest BCUT2D eigenvalue weighted by Gasteiger charge is 2.47. The third-order valence-corrected chi connectivity index (χ3v) is 4.22. The largest absolute Gasteiger partial charge is 0.325 e. The Hall–Kier alpha value is -1.49. The van der Waals surface area contributed by atoms with E-state index in [2.05, 4.69) is 5.32 Å². The van der Waals surface area contributed by atoms with Crippen molar-refractivity contribution in [3.05, 3.63) is 35.9 Å². The lowest BCUT2D eigenvalue weighted by molar-refractivity contribution is -0.112. The second-order valence-electron chi connectivity index (χ2n) is 4.24. The van der Waals surface area contributed by atoms with Crippen LogP contribution in [0.4, 0.5) is 4.79 Å². The minimum Gasteiger partial charge on any atom is -0.325 e. The summed E-state index contributed by atoms with van der Waals surface area (Å²) in [5.41, 5.74) is 1.09. The van der Waals surface area contributed by atoms with Crippen molar-refractivity contribution in [1.29, 1.82) is 0 Å². The molecule has 0 bridgehead atoms. The topological polar surface area (TPSA) is 49.4 Å². The van der Waals surface area contributed by atoms with E-state index in [0.29, 0.717) is 12.3 Å². The van der Waals surface area contributed by atoms with Gasteiger partial charge in [-0.1, -0.05) is 42.1 Å². The number of rotatable bonds is 2. The molecule has 17 heavy (non-hydrogen) atoms. The fourth-order valence-electron chi connectivity index (χ4n) is 2.27. The van der Waals surface area contributed by atoms with E-state index >= 15 is 0 Å². The normalized spacial score (nSPS) is 27.2. The minimum absolute atomic E-state index is 0.0141.